The molecule has 4 nitrogen and oxygen atoms in total. The molecule has 98 valence electrons. The molecule has 0 bridgehead atoms. The van der Waals surface area contributed by atoms with Gasteiger partial charge < -0.3 is 11.1 Å². The molecule has 0 spiro atoms. The molecule has 0 atom stereocenters. The first-order valence-corrected chi connectivity index (χ1v) is 5.94. The van der Waals surface area contributed by atoms with E-state index in [0.717, 1.165) is 18.2 Å². The SMILES string of the molecule is Nc1cnc(NC(=O)c2cc(F)ccc2F)c(Br)c1. The highest BCUT2D eigenvalue weighted by Gasteiger charge is 2.14. The summed E-state index contributed by atoms with van der Waals surface area (Å²) in [5, 5.41) is 2.36. The first kappa shape index (κ1) is 13.4. The fraction of sp³-hybridized carbons (Fsp3) is 0. The van der Waals surface area contributed by atoms with Gasteiger partial charge in [0.05, 0.1) is 21.9 Å². The number of carbonyl (C=O) groups is 1. The summed E-state index contributed by atoms with van der Waals surface area (Å²) in [6, 6.07) is 4.17. The van der Waals surface area contributed by atoms with Crippen LogP contribution in [0.25, 0.3) is 0 Å². The van der Waals surface area contributed by atoms with E-state index in [1.54, 1.807) is 0 Å². The quantitative estimate of drug-likeness (QED) is 0.891. The number of hydrogen-bond acceptors (Lipinski definition) is 3. The van der Waals surface area contributed by atoms with Gasteiger partial charge in [0, 0.05) is 0 Å². The van der Waals surface area contributed by atoms with E-state index in [-0.39, 0.29) is 5.82 Å². The molecule has 1 heterocycles. The molecule has 2 aromatic rings. The number of rotatable bonds is 2. The van der Waals surface area contributed by atoms with Crippen molar-refractivity contribution in [3.05, 3.63) is 52.1 Å². The van der Waals surface area contributed by atoms with Gasteiger partial charge in [0.15, 0.2) is 0 Å². The number of nitrogens with one attached hydrogen (secondary N) is 1. The molecule has 19 heavy (non-hydrogen) atoms. The van der Waals surface area contributed by atoms with Gasteiger partial charge in [-0.25, -0.2) is 13.8 Å². The third kappa shape index (κ3) is 3.05. The predicted molar refractivity (Wildman–Crippen MR) is 70.7 cm³/mol. The van der Waals surface area contributed by atoms with Gasteiger partial charge >= 0.3 is 0 Å². The molecule has 0 aliphatic carbocycles. The van der Waals surface area contributed by atoms with Crippen molar-refractivity contribution in [2.24, 2.45) is 0 Å². The first-order valence-electron chi connectivity index (χ1n) is 5.15. The third-order valence-electron chi connectivity index (χ3n) is 2.27. The number of nitrogens with two attached hydrogens (primary N) is 1. The summed E-state index contributed by atoms with van der Waals surface area (Å²) in [5.74, 6) is -2.14. The van der Waals surface area contributed by atoms with Gasteiger partial charge in [-0.15, -0.1) is 0 Å². The van der Waals surface area contributed by atoms with Gasteiger partial charge in [-0.3, -0.25) is 4.79 Å². The van der Waals surface area contributed by atoms with Crippen LogP contribution in [-0.4, -0.2) is 10.9 Å². The number of benzene rings is 1. The maximum atomic E-state index is 13.4. The van der Waals surface area contributed by atoms with E-state index in [0.29, 0.717) is 10.2 Å². The average molecular weight is 328 g/mol. The van der Waals surface area contributed by atoms with Crippen molar-refractivity contribution in [1.29, 1.82) is 0 Å². The topological polar surface area (TPSA) is 68.0 Å². The van der Waals surface area contributed by atoms with Gasteiger partial charge in [-0.1, -0.05) is 0 Å². The summed E-state index contributed by atoms with van der Waals surface area (Å²) >= 11 is 3.16. The van der Waals surface area contributed by atoms with Crippen LogP contribution in [0.15, 0.2) is 34.9 Å². The monoisotopic (exact) mass is 327 g/mol. The number of nitrogen functional groups attached to an aromatic ring is 1. The highest BCUT2D eigenvalue weighted by molar-refractivity contribution is 9.10. The highest BCUT2D eigenvalue weighted by atomic mass is 79.9. The lowest BCUT2D eigenvalue weighted by Crippen LogP contribution is -2.15. The molecule has 3 N–H and O–H groups in total. The number of pyridine rings is 1. The molecular formula is C12H8BrF2N3O. The molecule has 1 aromatic heterocycles. The maximum Gasteiger partial charge on any atom is 0.259 e. The molecule has 1 aromatic carbocycles. The normalized spacial score (nSPS) is 10.3. The number of amides is 1. The molecule has 7 heteroatoms. The summed E-state index contributed by atoms with van der Waals surface area (Å²) in [6.07, 6.45) is 1.34. The van der Waals surface area contributed by atoms with Crippen LogP contribution in [0.5, 0.6) is 0 Å². The molecule has 2 rings (SSSR count). The zero-order chi connectivity index (χ0) is 14.0. The molecule has 0 aliphatic rings. The van der Waals surface area contributed by atoms with E-state index < -0.39 is 23.1 Å². The lowest BCUT2D eigenvalue weighted by molar-refractivity contribution is 0.102. The minimum Gasteiger partial charge on any atom is -0.397 e. The molecule has 0 unspecified atom stereocenters. The van der Waals surface area contributed by atoms with Crippen LogP contribution in [0, 0.1) is 11.6 Å². The second-order valence-electron chi connectivity index (χ2n) is 3.68. The minimum absolute atomic E-state index is 0.169. The van der Waals surface area contributed by atoms with Crippen molar-refractivity contribution in [3.8, 4) is 0 Å². The second-order valence-corrected chi connectivity index (χ2v) is 4.53. The van der Waals surface area contributed by atoms with Crippen molar-refractivity contribution in [3.63, 3.8) is 0 Å². The first-order chi connectivity index (χ1) is 8.97. The van der Waals surface area contributed by atoms with E-state index in [1.807, 2.05) is 0 Å². The minimum atomic E-state index is -0.814. The standard InChI is InChI=1S/C12H8BrF2N3O/c13-9-4-7(16)5-17-11(9)18-12(19)8-3-6(14)1-2-10(8)15/h1-5H,16H2,(H,17,18,19). The molecule has 0 radical (unpaired) electrons. The van der Waals surface area contributed by atoms with Crippen molar-refractivity contribution < 1.29 is 13.6 Å². The lowest BCUT2D eigenvalue weighted by Gasteiger charge is -2.07. The molecule has 0 saturated carbocycles. The van der Waals surface area contributed by atoms with Gasteiger partial charge in [-0.2, -0.15) is 0 Å². The Balaban J connectivity index is 2.28. The Kier molecular flexibility index (Phi) is 3.75. The summed E-state index contributed by atoms with van der Waals surface area (Å²) < 4.78 is 26.8. The molecule has 1 amide bonds. The van der Waals surface area contributed by atoms with Crippen LogP contribution in [0.3, 0.4) is 0 Å². The number of nitrogens with zero attached hydrogens (tertiary/aromatic N) is 1. The Labute approximate surface area is 115 Å². The van der Waals surface area contributed by atoms with E-state index in [1.165, 1.54) is 12.3 Å². The largest absolute Gasteiger partial charge is 0.397 e. The Morgan fingerprint density at radius 1 is 1.32 bits per heavy atom. The van der Waals surface area contributed by atoms with Crippen molar-refractivity contribution in [2.45, 2.75) is 0 Å². The Hall–Kier alpha value is -2.02. The van der Waals surface area contributed by atoms with Crippen molar-refractivity contribution >= 4 is 33.3 Å². The lowest BCUT2D eigenvalue weighted by atomic mass is 10.2. The molecular weight excluding hydrogens is 320 g/mol. The number of aromatic nitrogens is 1. The van der Waals surface area contributed by atoms with E-state index >= 15 is 0 Å². The van der Waals surface area contributed by atoms with Crippen LogP contribution in [0.4, 0.5) is 20.3 Å². The van der Waals surface area contributed by atoms with Crippen LogP contribution >= 0.6 is 15.9 Å². The van der Waals surface area contributed by atoms with Gasteiger partial charge in [0.2, 0.25) is 0 Å². The fourth-order valence-corrected chi connectivity index (χ4v) is 1.86. The Morgan fingerprint density at radius 3 is 2.74 bits per heavy atom. The number of anilines is 2. The smallest absolute Gasteiger partial charge is 0.259 e. The summed E-state index contributed by atoms with van der Waals surface area (Å²) in [6.45, 7) is 0. The predicted octanol–water partition coefficient (Wildman–Crippen LogP) is 2.96. The highest BCUT2D eigenvalue weighted by Crippen LogP contribution is 2.22. The third-order valence-corrected chi connectivity index (χ3v) is 2.87. The van der Waals surface area contributed by atoms with Crippen molar-refractivity contribution in [1.82, 2.24) is 4.98 Å². The summed E-state index contributed by atoms with van der Waals surface area (Å²) in [7, 11) is 0. The van der Waals surface area contributed by atoms with Gasteiger partial charge in [0.25, 0.3) is 5.91 Å². The Bertz CT molecular complexity index is 649. The summed E-state index contributed by atoms with van der Waals surface area (Å²) in [4.78, 5) is 15.7. The van der Waals surface area contributed by atoms with Gasteiger partial charge in [-0.05, 0) is 40.2 Å². The van der Waals surface area contributed by atoms with Crippen LogP contribution in [0.1, 0.15) is 10.4 Å². The van der Waals surface area contributed by atoms with Crippen LogP contribution in [0.2, 0.25) is 0 Å². The fourth-order valence-electron chi connectivity index (χ4n) is 1.39. The second kappa shape index (κ2) is 5.31. The van der Waals surface area contributed by atoms with E-state index in [4.69, 9.17) is 5.73 Å². The zero-order valence-corrected chi connectivity index (χ0v) is 11.0. The number of hydrogen-bond donors (Lipinski definition) is 2. The van der Waals surface area contributed by atoms with Crippen LogP contribution in [-0.2, 0) is 0 Å². The maximum absolute atomic E-state index is 13.4. The van der Waals surface area contributed by atoms with E-state index in [2.05, 4.69) is 26.2 Å². The van der Waals surface area contributed by atoms with Gasteiger partial charge in [0.1, 0.15) is 17.5 Å². The summed E-state index contributed by atoms with van der Waals surface area (Å²) in [5.41, 5.74) is 5.51. The molecule has 0 aliphatic heterocycles. The van der Waals surface area contributed by atoms with Crippen molar-refractivity contribution in [2.75, 3.05) is 11.1 Å². The molecule has 0 fully saturated rings. The van der Waals surface area contributed by atoms with E-state index in [9.17, 15) is 13.6 Å². The zero-order valence-electron chi connectivity index (χ0n) is 9.45. The Morgan fingerprint density at radius 2 is 2.05 bits per heavy atom. The number of halogens is 3. The number of carbonyl (C=O) groups excluding carboxylic acids is 1. The average Bonchev–Trinajstić information content (AvgIpc) is 2.35. The van der Waals surface area contributed by atoms with Crippen LogP contribution < -0.4 is 11.1 Å². The molecule has 0 saturated heterocycles.